The Kier molecular flexibility index (Phi) is 6.86. The number of carbonyl (C=O) groups excluding carboxylic acids is 1. The predicted molar refractivity (Wildman–Crippen MR) is 136 cm³/mol. The van der Waals surface area contributed by atoms with Crippen LogP contribution in [0, 0.1) is 13.8 Å². The Hall–Kier alpha value is -3.04. The molecule has 178 valence electrons. The third-order valence-corrected chi connectivity index (χ3v) is 9.13. The van der Waals surface area contributed by atoms with Crippen molar-refractivity contribution in [1.29, 1.82) is 0 Å². The maximum absolute atomic E-state index is 13.7. The van der Waals surface area contributed by atoms with E-state index in [9.17, 15) is 13.2 Å². The van der Waals surface area contributed by atoms with Crippen molar-refractivity contribution in [1.82, 2.24) is 14.5 Å². The molecule has 2 heterocycles. The second kappa shape index (κ2) is 9.68. The van der Waals surface area contributed by atoms with Gasteiger partial charge >= 0.3 is 0 Å². The predicted octanol–water partition coefficient (Wildman–Crippen LogP) is 5.03. The maximum atomic E-state index is 13.7. The zero-order chi connectivity index (χ0) is 24.5. The van der Waals surface area contributed by atoms with E-state index < -0.39 is 15.1 Å². The quantitative estimate of drug-likeness (QED) is 0.342. The molecule has 0 fully saturated rings. The van der Waals surface area contributed by atoms with Crippen molar-refractivity contribution < 1.29 is 13.2 Å². The number of rotatable bonds is 8. The minimum Gasteiger partial charge on any atom is -0.337 e. The van der Waals surface area contributed by atoms with Crippen molar-refractivity contribution in [2.75, 3.05) is 11.4 Å². The summed E-state index contributed by atoms with van der Waals surface area (Å²) in [7, 11) is -3.49. The molecule has 0 N–H and O–H groups in total. The molecule has 0 bridgehead atoms. The number of nitrogens with zero attached hydrogens (tertiary/aromatic N) is 4. The Morgan fingerprint density at radius 3 is 2.68 bits per heavy atom. The maximum Gasteiger partial charge on any atom is 0.260 e. The highest BCUT2D eigenvalue weighted by Crippen LogP contribution is 2.33. The number of aryl methyl sites for hydroxylation is 3. The zero-order valence-corrected chi connectivity index (χ0v) is 21.4. The first-order valence-corrected chi connectivity index (χ1v) is 13.5. The van der Waals surface area contributed by atoms with Crippen LogP contribution in [0.2, 0.25) is 0 Å². The lowest BCUT2D eigenvalue weighted by molar-refractivity contribution is 0.0986. The van der Waals surface area contributed by atoms with E-state index in [1.807, 2.05) is 30.7 Å². The summed E-state index contributed by atoms with van der Waals surface area (Å²) in [6.45, 7) is 8.50. The summed E-state index contributed by atoms with van der Waals surface area (Å²) in [5.41, 5.74) is 3.46. The third-order valence-electron chi connectivity index (χ3n) is 5.94. The van der Waals surface area contributed by atoms with Gasteiger partial charge in [0.25, 0.3) is 5.91 Å². The van der Waals surface area contributed by atoms with Gasteiger partial charge < -0.3 is 4.57 Å². The summed E-state index contributed by atoms with van der Waals surface area (Å²) >= 11 is 1.47. The second-order valence-electron chi connectivity index (χ2n) is 8.58. The van der Waals surface area contributed by atoms with Crippen molar-refractivity contribution in [3.63, 3.8) is 0 Å². The fourth-order valence-corrected chi connectivity index (χ4v) is 5.83. The third kappa shape index (κ3) is 4.76. The van der Waals surface area contributed by atoms with Crippen LogP contribution < -0.4 is 4.90 Å². The minimum absolute atomic E-state index is 0.155. The van der Waals surface area contributed by atoms with Crippen molar-refractivity contribution in [3.8, 4) is 0 Å². The zero-order valence-electron chi connectivity index (χ0n) is 19.7. The molecular weight excluding hydrogens is 468 g/mol. The molecule has 0 saturated heterocycles. The average Bonchev–Trinajstić information content (AvgIpc) is 3.49. The molecule has 0 spiro atoms. The molecule has 9 heteroatoms. The molecule has 0 radical (unpaired) electrons. The molecule has 0 saturated carbocycles. The topological polar surface area (TPSA) is 85.2 Å². The summed E-state index contributed by atoms with van der Waals surface area (Å²) in [6.07, 6.45) is 6.05. The molecule has 0 aliphatic carbocycles. The molecule has 4 rings (SSSR count). The molecule has 2 aromatic heterocycles. The number of imidazole rings is 1. The molecule has 0 unspecified atom stereocenters. The van der Waals surface area contributed by atoms with Crippen molar-refractivity contribution in [2.45, 2.75) is 50.8 Å². The highest BCUT2D eigenvalue weighted by Gasteiger charge is 2.25. The summed E-state index contributed by atoms with van der Waals surface area (Å²) in [4.78, 5) is 24.4. The Bertz CT molecular complexity index is 1420. The fourth-order valence-electron chi connectivity index (χ4n) is 3.68. The van der Waals surface area contributed by atoms with Crippen LogP contribution >= 0.6 is 11.3 Å². The second-order valence-corrected chi connectivity index (χ2v) is 12.1. The van der Waals surface area contributed by atoms with Crippen LogP contribution in [0.4, 0.5) is 5.13 Å². The van der Waals surface area contributed by atoms with Gasteiger partial charge in [0.15, 0.2) is 15.0 Å². The van der Waals surface area contributed by atoms with E-state index in [0.29, 0.717) is 30.2 Å². The Morgan fingerprint density at radius 2 is 1.97 bits per heavy atom. The van der Waals surface area contributed by atoms with Gasteiger partial charge in [0.1, 0.15) is 0 Å². The number of hydrogen-bond acceptors (Lipinski definition) is 6. The summed E-state index contributed by atoms with van der Waals surface area (Å²) in [5, 5.41) is 0.0380. The number of anilines is 1. The van der Waals surface area contributed by atoms with Gasteiger partial charge in [-0.25, -0.2) is 18.4 Å². The Labute approximate surface area is 204 Å². The van der Waals surface area contributed by atoms with Crippen molar-refractivity contribution in [2.24, 2.45) is 0 Å². The summed E-state index contributed by atoms with van der Waals surface area (Å²) in [5.74, 6) is -0.264. The highest BCUT2D eigenvalue weighted by molar-refractivity contribution is 7.92. The SMILES string of the molecule is Cc1ccc2sc(N(CCCn3ccnc3)C(=O)c3cccc(S(=O)(=O)C(C)C)c3)nc2c1C. The number of amides is 1. The van der Waals surface area contributed by atoms with Crippen LogP contribution in [-0.2, 0) is 16.4 Å². The van der Waals surface area contributed by atoms with Crippen LogP contribution in [-0.4, -0.2) is 40.7 Å². The molecular formula is C25H28N4O3S2. The standard InChI is InChI=1S/C25H28N4O3S2/c1-17(2)34(31,32)21-8-5-7-20(15-21)24(30)29(13-6-12-28-14-11-26-16-28)25-27-23-19(4)18(3)9-10-22(23)33-25/h5,7-11,14-17H,6,12-13H2,1-4H3. The lowest BCUT2D eigenvalue weighted by Crippen LogP contribution is -2.32. The molecule has 0 aliphatic heterocycles. The Morgan fingerprint density at radius 1 is 1.18 bits per heavy atom. The number of aromatic nitrogens is 3. The first-order chi connectivity index (χ1) is 16.2. The first kappa shape index (κ1) is 24.1. The number of sulfone groups is 1. The van der Waals surface area contributed by atoms with Crippen LogP contribution in [0.5, 0.6) is 0 Å². The van der Waals surface area contributed by atoms with E-state index in [-0.39, 0.29) is 10.8 Å². The van der Waals surface area contributed by atoms with Crippen molar-refractivity contribution in [3.05, 3.63) is 71.8 Å². The number of carbonyl (C=O) groups is 1. The monoisotopic (exact) mass is 496 g/mol. The van der Waals surface area contributed by atoms with Gasteiger partial charge in [-0.15, -0.1) is 0 Å². The average molecular weight is 497 g/mol. The normalized spacial score (nSPS) is 11.9. The molecule has 0 aliphatic rings. The van der Waals surface area contributed by atoms with E-state index in [0.717, 1.165) is 21.3 Å². The van der Waals surface area contributed by atoms with E-state index >= 15 is 0 Å². The molecule has 7 nitrogen and oxygen atoms in total. The summed E-state index contributed by atoms with van der Waals surface area (Å²) < 4.78 is 28.4. The van der Waals surface area contributed by atoms with Gasteiger partial charge in [0.05, 0.1) is 26.7 Å². The van der Waals surface area contributed by atoms with Crippen molar-refractivity contribution >= 4 is 42.4 Å². The smallest absolute Gasteiger partial charge is 0.260 e. The fraction of sp³-hybridized carbons (Fsp3) is 0.320. The van der Waals surface area contributed by atoms with E-state index in [1.165, 1.54) is 17.4 Å². The minimum atomic E-state index is -3.49. The lowest BCUT2D eigenvalue weighted by atomic mass is 10.1. The molecule has 1 amide bonds. The van der Waals surface area contributed by atoms with E-state index in [2.05, 4.69) is 11.1 Å². The highest BCUT2D eigenvalue weighted by atomic mass is 32.2. The van der Waals surface area contributed by atoms with Crippen LogP contribution in [0.1, 0.15) is 41.8 Å². The van der Waals surface area contributed by atoms with Gasteiger partial charge in [0.2, 0.25) is 0 Å². The van der Waals surface area contributed by atoms with Gasteiger partial charge in [-0.05, 0) is 69.5 Å². The Balaban J connectivity index is 1.71. The lowest BCUT2D eigenvalue weighted by Gasteiger charge is -2.20. The van der Waals surface area contributed by atoms with E-state index in [1.54, 1.807) is 49.5 Å². The summed E-state index contributed by atoms with van der Waals surface area (Å²) in [6, 6.07) is 10.4. The van der Waals surface area contributed by atoms with Crippen LogP contribution in [0.3, 0.4) is 0 Å². The number of thiazole rings is 1. The first-order valence-electron chi connectivity index (χ1n) is 11.2. The largest absolute Gasteiger partial charge is 0.337 e. The van der Waals surface area contributed by atoms with Gasteiger partial charge in [0, 0.05) is 31.0 Å². The molecule has 0 atom stereocenters. The number of hydrogen-bond donors (Lipinski definition) is 0. The van der Waals surface area contributed by atoms with Gasteiger partial charge in [-0.3, -0.25) is 9.69 Å². The van der Waals surface area contributed by atoms with Crippen LogP contribution in [0.25, 0.3) is 10.2 Å². The molecule has 2 aromatic carbocycles. The van der Waals surface area contributed by atoms with Gasteiger partial charge in [-0.1, -0.05) is 23.5 Å². The number of fused-ring (bicyclic) bond motifs is 1. The molecule has 4 aromatic rings. The van der Waals surface area contributed by atoms with Gasteiger partial charge in [-0.2, -0.15) is 0 Å². The number of benzene rings is 2. The van der Waals surface area contributed by atoms with E-state index in [4.69, 9.17) is 4.98 Å². The molecule has 34 heavy (non-hydrogen) atoms. The van der Waals surface area contributed by atoms with Crippen LogP contribution in [0.15, 0.2) is 60.0 Å².